The fourth-order valence-corrected chi connectivity index (χ4v) is 4.95. The summed E-state index contributed by atoms with van der Waals surface area (Å²) in [6.45, 7) is 4.43. The number of imidazole rings is 1. The van der Waals surface area contributed by atoms with Crippen LogP contribution in [-0.4, -0.2) is 26.7 Å². The summed E-state index contributed by atoms with van der Waals surface area (Å²) in [5, 5.41) is 3.54. The number of aromatic nitrogens is 2. The fraction of sp³-hybridized carbons (Fsp3) is 0.286. The van der Waals surface area contributed by atoms with Crippen molar-refractivity contribution in [3.05, 3.63) is 105 Å². The predicted octanol–water partition coefficient (Wildman–Crippen LogP) is 6.06. The number of carbonyl (C=O) groups excluding carboxylic acids is 1. The lowest BCUT2D eigenvalue weighted by atomic mass is 9.97. The van der Waals surface area contributed by atoms with Gasteiger partial charge in [-0.3, -0.25) is 14.1 Å². The van der Waals surface area contributed by atoms with Crippen LogP contribution in [0.4, 0.5) is 13.2 Å². The maximum Gasteiger partial charge on any atom is 0.416 e. The number of benzene rings is 2. The van der Waals surface area contributed by atoms with E-state index in [-0.39, 0.29) is 5.91 Å². The third-order valence-electron chi connectivity index (χ3n) is 6.71. The third kappa shape index (κ3) is 5.50. The Kier molecular flexibility index (Phi) is 6.96. The van der Waals surface area contributed by atoms with Crippen molar-refractivity contribution in [3.63, 3.8) is 0 Å². The number of hydrogen-bond acceptors (Lipinski definition) is 3. The molecular formula is C28H26ClF3N4O. The van der Waals surface area contributed by atoms with Crippen LogP contribution in [-0.2, 0) is 38.7 Å². The third-order valence-corrected chi connectivity index (χ3v) is 6.93. The van der Waals surface area contributed by atoms with Gasteiger partial charge in [-0.25, -0.2) is 4.98 Å². The molecule has 0 saturated carbocycles. The molecule has 1 N–H and O–H groups in total. The second kappa shape index (κ2) is 10.2. The number of nitrogens with zero attached hydrogens (tertiary/aromatic N) is 3. The molecule has 5 nitrogen and oxygen atoms in total. The van der Waals surface area contributed by atoms with Gasteiger partial charge in [0, 0.05) is 32.4 Å². The zero-order valence-electron chi connectivity index (χ0n) is 20.3. The Labute approximate surface area is 217 Å². The molecule has 1 amide bonds. The molecule has 0 bridgehead atoms. The molecule has 0 radical (unpaired) electrons. The highest BCUT2D eigenvalue weighted by atomic mass is 35.5. The van der Waals surface area contributed by atoms with Crippen LogP contribution in [0.2, 0.25) is 5.02 Å². The summed E-state index contributed by atoms with van der Waals surface area (Å²) in [6.07, 6.45) is -1.15. The molecule has 37 heavy (non-hydrogen) atoms. The lowest BCUT2D eigenvalue weighted by molar-refractivity contribution is -0.137. The largest absolute Gasteiger partial charge is 0.416 e. The second-order valence-electron chi connectivity index (χ2n) is 9.28. The van der Waals surface area contributed by atoms with Crippen molar-refractivity contribution >= 4 is 23.2 Å². The monoisotopic (exact) mass is 526 g/mol. The molecule has 1 aliphatic rings. The first kappa shape index (κ1) is 25.3. The minimum Gasteiger partial charge on any atom is -0.347 e. The van der Waals surface area contributed by atoms with Crippen LogP contribution >= 0.6 is 11.6 Å². The first-order valence-corrected chi connectivity index (χ1v) is 12.5. The molecule has 9 heteroatoms. The van der Waals surface area contributed by atoms with Crippen LogP contribution in [0.25, 0.3) is 5.65 Å². The van der Waals surface area contributed by atoms with Gasteiger partial charge in [0.2, 0.25) is 0 Å². The highest BCUT2D eigenvalue weighted by molar-refractivity contribution is 6.30. The number of fused-ring (bicyclic) bond motifs is 2. The van der Waals surface area contributed by atoms with Gasteiger partial charge in [0.25, 0.3) is 5.91 Å². The van der Waals surface area contributed by atoms with E-state index in [9.17, 15) is 18.0 Å². The molecule has 0 fully saturated rings. The molecule has 0 atom stereocenters. The van der Waals surface area contributed by atoms with Crippen molar-refractivity contribution in [2.24, 2.45) is 0 Å². The summed E-state index contributed by atoms with van der Waals surface area (Å²) < 4.78 is 40.3. The topological polar surface area (TPSA) is 49.6 Å². The Morgan fingerprint density at radius 1 is 1.05 bits per heavy atom. The van der Waals surface area contributed by atoms with Gasteiger partial charge in [-0.1, -0.05) is 48.9 Å². The number of amides is 1. The quantitative estimate of drug-likeness (QED) is 0.332. The van der Waals surface area contributed by atoms with Gasteiger partial charge in [-0.15, -0.1) is 0 Å². The Morgan fingerprint density at radius 3 is 2.54 bits per heavy atom. The highest BCUT2D eigenvalue weighted by Crippen LogP contribution is 2.29. The smallest absolute Gasteiger partial charge is 0.347 e. The molecule has 4 aromatic rings. The molecule has 0 aliphatic carbocycles. The van der Waals surface area contributed by atoms with Crippen LogP contribution in [0.3, 0.4) is 0 Å². The van der Waals surface area contributed by atoms with Crippen LogP contribution in [0.15, 0.2) is 60.8 Å². The highest BCUT2D eigenvalue weighted by Gasteiger charge is 2.30. The van der Waals surface area contributed by atoms with Crippen molar-refractivity contribution in [2.45, 2.75) is 45.6 Å². The molecule has 0 unspecified atom stereocenters. The molecule has 2 aromatic carbocycles. The van der Waals surface area contributed by atoms with Crippen LogP contribution in [0.5, 0.6) is 0 Å². The summed E-state index contributed by atoms with van der Waals surface area (Å²) in [5.74, 6) is -0.215. The molecule has 0 spiro atoms. The maximum absolute atomic E-state index is 13.1. The van der Waals surface area contributed by atoms with Gasteiger partial charge >= 0.3 is 6.18 Å². The number of rotatable bonds is 6. The zero-order chi connectivity index (χ0) is 26.2. The Morgan fingerprint density at radius 2 is 1.81 bits per heavy atom. The molecule has 2 aromatic heterocycles. The number of carbonyl (C=O) groups is 1. The second-order valence-corrected chi connectivity index (χ2v) is 9.71. The molecule has 5 rings (SSSR count). The van der Waals surface area contributed by atoms with E-state index in [1.807, 2.05) is 13.0 Å². The van der Waals surface area contributed by atoms with Gasteiger partial charge in [0.1, 0.15) is 11.3 Å². The Balaban J connectivity index is 1.26. The molecular weight excluding hydrogens is 501 g/mol. The maximum atomic E-state index is 13.1. The number of nitrogens with one attached hydrogen (secondary N) is 1. The average molecular weight is 527 g/mol. The number of alkyl halides is 3. The zero-order valence-corrected chi connectivity index (χ0v) is 21.0. The molecule has 1 aliphatic heterocycles. The van der Waals surface area contributed by atoms with Gasteiger partial charge in [0.05, 0.1) is 16.3 Å². The Hall–Kier alpha value is -3.36. The SMILES string of the molecule is CCc1nc2ccc(Cl)cn2c1C(=O)NCc1ccc2c(c1)CN(Cc1ccc(C(F)(F)F)cc1)CC2. The summed E-state index contributed by atoms with van der Waals surface area (Å²) >= 11 is 6.15. The van der Waals surface area contributed by atoms with E-state index in [2.05, 4.69) is 27.3 Å². The van der Waals surface area contributed by atoms with E-state index in [0.717, 1.165) is 36.2 Å². The number of aryl methyl sites for hydroxylation is 1. The van der Waals surface area contributed by atoms with Crippen molar-refractivity contribution in [2.75, 3.05) is 6.54 Å². The minimum absolute atomic E-state index is 0.215. The van der Waals surface area contributed by atoms with Crippen LogP contribution in [0.1, 0.15) is 50.9 Å². The first-order chi connectivity index (χ1) is 17.7. The summed E-state index contributed by atoms with van der Waals surface area (Å²) in [7, 11) is 0. The van der Waals surface area contributed by atoms with Crippen LogP contribution < -0.4 is 5.32 Å². The van der Waals surface area contributed by atoms with Gasteiger partial charge < -0.3 is 5.32 Å². The van der Waals surface area contributed by atoms with E-state index >= 15 is 0 Å². The average Bonchev–Trinajstić information content (AvgIpc) is 3.24. The normalized spacial score (nSPS) is 14.1. The Bertz CT molecular complexity index is 1450. The van der Waals surface area contributed by atoms with Crippen LogP contribution in [0, 0.1) is 0 Å². The summed E-state index contributed by atoms with van der Waals surface area (Å²) in [4.78, 5) is 19.9. The number of hydrogen-bond donors (Lipinski definition) is 1. The summed E-state index contributed by atoms with van der Waals surface area (Å²) in [5.41, 5.74) is 5.49. The van der Waals surface area contributed by atoms with E-state index < -0.39 is 11.7 Å². The predicted molar refractivity (Wildman–Crippen MR) is 136 cm³/mol. The standard InChI is InChI=1S/C28H26ClF3N4O/c1-2-24-26(36-17-23(29)9-10-25(36)34-24)27(37)33-14-19-3-6-20-11-12-35(16-21(20)13-19)15-18-4-7-22(8-5-18)28(30,31)32/h3-10,13,17H,2,11-12,14-16H2,1H3,(H,33,37). The lowest BCUT2D eigenvalue weighted by Crippen LogP contribution is -2.30. The van der Waals surface area contributed by atoms with E-state index in [0.29, 0.717) is 48.1 Å². The van der Waals surface area contributed by atoms with Crippen molar-refractivity contribution in [1.82, 2.24) is 19.6 Å². The molecule has 3 heterocycles. The van der Waals surface area contributed by atoms with Crippen molar-refractivity contribution < 1.29 is 18.0 Å². The van der Waals surface area contributed by atoms with Gasteiger partial charge in [0.15, 0.2) is 0 Å². The number of halogens is 4. The molecule has 192 valence electrons. The van der Waals surface area contributed by atoms with E-state index in [1.165, 1.54) is 11.1 Å². The molecule has 0 saturated heterocycles. The van der Waals surface area contributed by atoms with Crippen molar-refractivity contribution in [1.29, 1.82) is 0 Å². The lowest BCUT2D eigenvalue weighted by Gasteiger charge is -2.29. The first-order valence-electron chi connectivity index (χ1n) is 12.1. The fourth-order valence-electron chi connectivity index (χ4n) is 4.79. The van der Waals surface area contributed by atoms with Gasteiger partial charge in [-0.2, -0.15) is 13.2 Å². The van der Waals surface area contributed by atoms with E-state index in [1.54, 1.807) is 34.9 Å². The van der Waals surface area contributed by atoms with E-state index in [4.69, 9.17) is 11.6 Å². The summed E-state index contributed by atoms with van der Waals surface area (Å²) in [6, 6.07) is 15.1. The van der Waals surface area contributed by atoms with Gasteiger partial charge in [-0.05, 0) is 59.4 Å². The number of pyridine rings is 1. The van der Waals surface area contributed by atoms with Crippen molar-refractivity contribution in [3.8, 4) is 0 Å². The minimum atomic E-state index is -4.33.